The lowest BCUT2D eigenvalue weighted by molar-refractivity contribution is 1.11. The van der Waals surface area contributed by atoms with Gasteiger partial charge in [0.15, 0.2) is 5.15 Å². The second kappa shape index (κ2) is 3.41. The maximum absolute atomic E-state index is 5.73. The fraction of sp³-hybridized carbons (Fsp3) is 0.286. The predicted octanol–water partition coefficient (Wildman–Crippen LogP) is 2.64. The molecule has 60 valence electrons. The van der Waals surface area contributed by atoms with Crippen molar-refractivity contribution in [1.29, 1.82) is 0 Å². The van der Waals surface area contributed by atoms with Gasteiger partial charge in [-0.25, -0.2) is 4.98 Å². The third-order valence-electron chi connectivity index (χ3n) is 1.45. The third-order valence-corrected chi connectivity index (χ3v) is 2.14. The van der Waals surface area contributed by atoms with Crippen LogP contribution in [0.5, 0.6) is 0 Å². The smallest absolute Gasteiger partial charge is 0.153 e. The Hall–Kier alpha value is -0.280. The van der Waals surface area contributed by atoms with Crippen molar-refractivity contribution in [3.05, 3.63) is 21.4 Å². The summed E-state index contributed by atoms with van der Waals surface area (Å²) in [5.41, 5.74) is 7.25. The largest absolute Gasteiger partial charge is 0.396 e. The van der Waals surface area contributed by atoms with E-state index < -0.39 is 0 Å². The van der Waals surface area contributed by atoms with E-state index >= 15 is 0 Å². The van der Waals surface area contributed by atoms with Gasteiger partial charge in [-0.3, -0.25) is 0 Å². The number of anilines is 1. The Labute approximate surface area is 78.9 Å². The lowest BCUT2D eigenvalue weighted by Crippen LogP contribution is -1.96. The molecule has 11 heavy (non-hydrogen) atoms. The van der Waals surface area contributed by atoms with Crippen molar-refractivity contribution >= 4 is 33.2 Å². The summed E-state index contributed by atoms with van der Waals surface area (Å²) in [5, 5.41) is 0.372. The molecule has 0 saturated carbocycles. The molecule has 2 nitrogen and oxygen atoms in total. The number of rotatable bonds is 1. The first-order chi connectivity index (χ1) is 5.15. The molecule has 0 amide bonds. The van der Waals surface area contributed by atoms with Gasteiger partial charge in [0.25, 0.3) is 0 Å². The van der Waals surface area contributed by atoms with Crippen LogP contribution in [0.25, 0.3) is 0 Å². The van der Waals surface area contributed by atoms with Crippen molar-refractivity contribution in [2.24, 2.45) is 0 Å². The number of aryl methyl sites for hydroxylation is 1. The summed E-state index contributed by atoms with van der Waals surface area (Å²) < 4.78 is 0.730. The molecule has 1 heterocycles. The topological polar surface area (TPSA) is 38.9 Å². The fourth-order valence-electron chi connectivity index (χ4n) is 0.833. The van der Waals surface area contributed by atoms with Crippen LogP contribution in [-0.2, 0) is 6.42 Å². The van der Waals surface area contributed by atoms with Crippen molar-refractivity contribution < 1.29 is 0 Å². The van der Waals surface area contributed by atoms with E-state index in [1.54, 1.807) is 0 Å². The Bertz CT molecular complexity index is 275. The SMILES string of the molecule is CCc1cc(Br)nc(Cl)c1N. The van der Waals surface area contributed by atoms with Crippen LogP contribution in [0.4, 0.5) is 5.69 Å². The van der Waals surface area contributed by atoms with Gasteiger partial charge in [0, 0.05) is 0 Å². The van der Waals surface area contributed by atoms with Gasteiger partial charge in [-0.1, -0.05) is 18.5 Å². The van der Waals surface area contributed by atoms with E-state index in [9.17, 15) is 0 Å². The van der Waals surface area contributed by atoms with Crippen LogP contribution in [0.15, 0.2) is 10.7 Å². The second-order valence-corrected chi connectivity index (χ2v) is 3.33. The molecule has 4 heteroatoms. The number of hydrogen-bond acceptors (Lipinski definition) is 2. The molecule has 1 aromatic rings. The lowest BCUT2D eigenvalue weighted by Gasteiger charge is -2.03. The molecule has 0 saturated heterocycles. The van der Waals surface area contributed by atoms with Gasteiger partial charge < -0.3 is 5.73 Å². The number of pyridine rings is 1. The van der Waals surface area contributed by atoms with E-state index in [0.717, 1.165) is 16.6 Å². The highest BCUT2D eigenvalue weighted by Crippen LogP contribution is 2.24. The molecular formula is C7H8BrClN2. The maximum atomic E-state index is 5.73. The number of nitrogen functional groups attached to an aromatic ring is 1. The van der Waals surface area contributed by atoms with Crippen LogP contribution < -0.4 is 5.73 Å². The summed E-state index contributed by atoms with van der Waals surface area (Å²) in [5.74, 6) is 0. The maximum Gasteiger partial charge on any atom is 0.153 e. The minimum absolute atomic E-state index is 0.372. The molecule has 1 aromatic heterocycles. The molecule has 0 aliphatic carbocycles. The summed E-state index contributed by atoms with van der Waals surface area (Å²) >= 11 is 8.97. The standard InChI is InChI=1S/C7H8BrClN2/c1-2-4-3-5(8)11-7(9)6(4)10/h3H,2,10H2,1H3. The Morgan fingerprint density at radius 3 is 2.91 bits per heavy atom. The Morgan fingerprint density at radius 1 is 1.73 bits per heavy atom. The van der Waals surface area contributed by atoms with E-state index in [1.165, 1.54) is 0 Å². The van der Waals surface area contributed by atoms with Crippen molar-refractivity contribution in [2.75, 3.05) is 5.73 Å². The van der Waals surface area contributed by atoms with E-state index in [-0.39, 0.29) is 0 Å². The minimum atomic E-state index is 0.372. The average molecular weight is 236 g/mol. The summed E-state index contributed by atoms with van der Waals surface area (Å²) in [6, 6.07) is 1.88. The highest BCUT2D eigenvalue weighted by Gasteiger charge is 2.04. The van der Waals surface area contributed by atoms with Crippen LogP contribution in [-0.4, -0.2) is 4.98 Å². The summed E-state index contributed by atoms with van der Waals surface area (Å²) in [6.45, 7) is 2.02. The van der Waals surface area contributed by atoms with Crippen LogP contribution in [0.3, 0.4) is 0 Å². The van der Waals surface area contributed by atoms with Crippen molar-refractivity contribution in [2.45, 2.75) is 13.3 Å². The molecule has 0 bridgehead atoms. The van der Waals surface area contributed by atoms with Crippen LogP contribution in [0, 0.1) is 0 Å². The molecule has 1 rings (SSSR count). The number of hydrogen-bond donors (Lipinski definition) is 1. The Balaban J connectivity index is 3.24. The molecule has 0 aromatic carbocycles. The van der Waals surface area contributed by atoms with Crippen molar-refractivity contribution in [1.82, 2.24) is 4.98 Å². The molecule has 0 aliphatic heterocycles. The highest BCUT2D eigenvalue weighted by molar-refractivity contribution is 9.10. The van der Waals surface area contributed by atoms with Gasteiger partial charge in [-0.05, 0) is 34.0 Å². The third kappa shape index (κ3) is 1.84. The molecule has 0 aliphatic rings. The first-order valence-electron chi connectivity index (χ1n) is 3.25. The van der Waals surface area contributed by atoms with Crippen LogP contribution in [0.2, 0.25) is 5.15 Å². The number of halogens is 2. The second-order valence-electron chi connectivity index (χ2n) is 2.16. The molecule has 0 spiro atoms. The monoisotopic (exact) mass is 234 g/mol. The minimum Gasteiger partial charge on any atom is -0.396 e. The quantitative estimate of drug-likeness (QED) is 0.760. The summed E-state index contributed by atoms with van der Waals surface area (Å²) in [4.78, 5) is 3.94. The summed E-state index contributed by atoms with van der Waals surface area (Å²) in [7, 11) is 0. The average Bonchev–Trinajstić information content (AvgIpc) is 1.96. The molecule has 0 fully saturated rings. The van der Waals surface area contributed by atoms with Crippen molar-refractivity contribution in [3.63, 3.8) is 0 Å². The predicted molar refractivity (Wildman–Crippen MR) is 50.7 cm³/mol. The molecular weight excluding hydrogens is 227 g/mol. The van der Waals surface area contributed by atoms with Crippen LogP contribution in [0.1, 0.15) is 12.5 Å². The lowest BCUT2D eigenvalue weighted by atomic mass is 10.2. The first kappa shape index (κ1) is 8.81. The molecule has 0 radical (unpaired) electrons. The van der Waals surface area contributed by atoms with Gasteiger partial charge in [0.2, 0.25) is 0 Å². The molecule has 0 unspecified atom stereocenters. The Morgan fingerprint density at radius 2 is 2.36 bits per heavy atom. The van der Waals surface area contributed by atoms with Gasteiger partial charge >= 0.3 is 0 Å². The van der Waals surface area contributed by atoms with Gasteiger partial charge in [0.05, 0.1) is 5.69 Å². The summed E-state index contributed by atoms with van der Waals surface area (Å²) in [6.07, 6.45) is 0.868. The van der Waals surface area contributed by atoms with Gasteiger partial charge in [-0.15, -0.1) is 0 Å². The normalized spacial score (nSPS) is 10.1. The van der Waals surface area contributed by atoms with E-state index in [4.69, 9.17) is 17.3 Å². The van der Waals surface area contributed by atoms with Crippen molar-refractivity contribution in [3.8, 4) is 0 Å². The highest BCUT2D eigenvalue weighted by atomic mass is 79.9. The number of aromatic nitrogens is 1. The zero-order valence-electron chi connectivity index (χ0n) is 6.06. The number of nitrogens with two attached hydrogens (primary N) is 1. The zero-order valence-corrected chi connectivity index (χ0v) is 8.41. The molecule has 0 atom stereocenters. The van der Waals surface area contributed by atoms with E-state index in [2.05, 4.69) is 20.9 Å². The van der Waals surface area contributed by atoms with Gasteiger partial charge in [-0.2, -0.15) is 0 Å². The zero-order chi connectivity index (χ0) is 8.43. The first-order valence-corrected chi connectivity index (χ1v) is 4.42. The van der Waals surface area contributed by atoms with Gasteiger partial charge in [0.1, 0.15) is 4.60 Å². The fourth-order valence-corrected chi connectivity index (χ4v) is 1.60. The van der Waals surface area contributed by atoms with Crippen LogP contribution >= 0.6 is 27.5 Å². The Kier molecular flexibility index (Phi) is 2.73. The van der Waals surface area contributed by atoms with E-state index in [0.29, 0.717) is 10.8 Å². The number of nitrogens with zero attached hydrogens (tertiary/aromatic N) is 1. The molecule has 2 N–H and O–H groups in total. The van der Waals surface area contributed by atoms with E-state index in [1.807, 2.05) is 13.0 Å².